The van der Waals surface area contributed by atoms with Crippen molar-refractivity contribution in [2.45, 2.75) is 26.7 Å². The van der Waals surface area contributed by atoms with Crippen LogP contribution >= 0.6 is 0 Å². The van der Waals surface area contributed by atoms with Crippen LogP contribution in [0.3, 0.4) is 0 Å². The Morgan fingerprint density at radius 1 is 1.13 bits per heavy atom. The van der Waals surface area contributed by atoms with E-state index < -0.39 is 0 Å². The molecule has 1 aliphatic rings. The van der Waals surface area contributed by atoms with Gasteiger partial charge in [0.15, 0.2) is 0 Å². The van der Waals surface area contributed by atoms with Crippen LogP contribution in [0.4, 0.5) is 11.5 Å². The zero-order valence-electron chi connectivity index (χ0n) is 13.7. The average Bonchev–Trinajstić information content (AvgIpc) is 2.57. The first kappa shape index (κ1) is 15.5. The number of amides is 1. The number of carbonyl (C=O) groups is 1. The number of benzene rings is 1. The molecule has 0 spiro atoms. The van der Waals surface area contributed by atoms with Gasteiger partial charge in [-0.05, 0) is 49.9 Å². The molecule has 1 aliphatic heterocycles. The maximum absolute atomic E-state index is 12.2. The van der Waals surface area contributed by atoms with Crippen molar-refractivity contribution in [1.29, 1.82) is 0 Å². The van der Waals surface area contributed by atoms with Crippen molar-refractivity contribution in [2.24, 2.45) is 5.92 Å². The number of carbonyl (C=O) groups excluding carboxylic acids is 1. The van der Waals surface area contributed by atoms with Crippen LogP contribution in [0.15, 0.2) is 42.6 Å². The van der Waals surface area contributed by atoms with Crippen LogP contribution in [-0.2, 0) is 0 Å². The number of nitrogens with one attached hydrogen (secondary N) is 1. The van der Waals surface area contributed by atoms with E-state index in [9.17, 15) is 4.79 Å². The number of aromatic nitrogens is 1. The molecule has 1 saturated heterocycles. The summed E-state index contributed by atoms with van der Waals surface area (Å²) in [5.74, 6) is 1.27. The lowest BCUT2D eigenvalue weighted by atomic mass is 9.99. The molecule has 1 aromatic carbocycles. The summed E-state index contributed by atoms with van der Waals surface area (Å²) in [6.07, 6.45) is 4.30. The van der Waals surface area contributed by atoms with Gasteiger partial charge in [0.1, 0.15) is 5.82 Å². The third kappa shape index (κ3) is 3.89. The standard InChI is InChI=1S/C19H23N3O/c1-14-3-5-16(6-4-14)19(23)21-18-8-7-17(13-20-18)22-11-9-15(2)10-12-22/h3-8,13,15H,9-12H2,1-2H3,(H,20,21,23). The SMILES string of the molecule is Cc1ccc(C(=O)Nc2ccc(N3CCC(C)CC3)cn2)cc1. The summed E-state index contributed by atoms with van der Waals surface area (Å²) in [6, 6.07) is 11.4. The van der Waals surface area contributed by atoms with Gasteiger partial charge < -0.3 is 10.2 Å². The number of hydrogen-bond acceptors (Lipinski definition) is 3. The van der Waals surface area contributed by atoms with Crippen molar-refractivity contribution < 1.29 is 4.79 Å². The molecule has 4 nitrogen and oxygen atoms in total. The maximum Gasteiger partial charge on any atom is 0.256 e. The second-order valence-electron chi connectivity index (χ2n) is 6.39. The van der Waals surface area contributed by atoms with Gasteiger partial charge in [0.2, 0.25) is 0 Å². The van der Waals surface area contributed by atoms with E-state index in [1.54, 1.807) is 0 Å². The summed E-state index contributed by atoms with van der Waals surface area (Å²) in [5.41, 5.74) is 2.91. The fourth-order valence-corrected chi connectivity index (χ4v) is 2.81. The molecular weight excluding hydrogens is 286 g/mol. The lowest BCUT2D eigenvalue weighted by Gasteiger charge is -2.31. The Bertz CT molecular complexity index is 656. The van der Waals surface area contributed by atoms with Gasteiger partial charge in [-0.1, -0.05) is 24.6 Å². The van der Waals surface area contributed by atoms with Crippen molar-refractivity contribution in [3.63, 3.8) is 0 Å². The first-order valence-corrected chi connectivity index (χ1v) is 8.21. The van der Waals surface area contributed by atoms with Crippen molar-refractivity contribution in [3.05, 3.63) is 53.7 Å². The van der Waals surface area contributed by atoms with Crippen molar-refractivity contribution in [2.75, 3.05) is 23.3 Å². The number of nitrogens with zero attached hydrogens (tertiary/aromatic N) is 2. The number of rotatable bonds is 3. The van der Waals surface area contributed by atoms with E-state index in [2.05, 4.69) is 22.1 Å². The lowest BCUT2D eigenvalue weighted by Crippen LogP contribution is -2.32. The Kier molecular flexibility index (Phi) is 4.60. The highest BCUT2D eigenvalue weighted by atomic mass is 16.1. The topological polar surface area (TPSA) is 45.2 Å². The molecule has 1 aromatic heterocycles. The normalized spacial score (nSPS) is 15.5. The van der Waals surface area contributed by atoms with Gasteiger partial charge in [-0.15, -0.1) is 0 Å². The number of piperidine rings is 1. The van der Waals surface area contributed by atoms with Gasteiger partial charge in [0, 0.05) is 18.7 Å². The van der Waals surface area contributed by atoms with E-state index in [-0.39, 0.29) is 5.91 Å². The summed E-state index contributed by atoms with van der Waals surface area (Å²) in [7, 11) is 0. The quantitative estimate of drug-likeness (QED) is 0.936. The average molecular weight is 309 g/mol. The molecule has 4 heteroatoms. The molecular formula is C19H23N3O. The third-order valence-electron chi connectivity index (χ3n) is 4.45. The van der Waals surface area contributed by atoms with Gasteiger partial charge in [0.25, 0.3) is 5.91 Å². The van der Waals surface area contributed by atoms with Crippen LogP contribution in [0.1, 0.15) is 35.7 Å². The van der Waals surface area contributed by atoms with Crippen LogP contribution in [-0.4, -0.2) is 24.0 Å². The summed E-state index contributed by atoms with van der Waals surface area (Å²) >= 11 is 0. The second-order valence-corrected chi connectivity index (χ2v) is 6.39. The molecule has 3 rings (SSSR count). The Morgan fingerprint density at radius 2 is 1.83 bits per heavy atom. The maximum atomic E-state index is 12.2. The smallest absolute Gasteiger partial charge is 0.256 e. The van der Waals surface area contributed by atoms with E-state index in [0.717, 1.165) is 30.3 Å². The van der Waals surface area contributed by atoms with E-state index in [0.29, 0.717) is 11.4 Å². The van der Waals surface area contributed by atoms with Crippen molar-refractivity contribution in [1.82, 2.24) is 4.98 Å². The molecule has 0 aliphatic carbocycles. The number of aryl methyl sites for hydroxylation is 1. The van der Waals surface area contributed by atoms with E-state index in [1.165, 1.54) is 12.8 Å². The molecule has 23 heavy (non-hydrogen) atoms. The van der Waals surface area contributed by atoms with E-state index >= 15 is 0 Å². The highest BCUT2D eigenvalue weighted by Crippen LogP contribution is 2.23. The minimum absolute atomic E-state index is 0.128. The largest absolute Gasteiger partial charge is 0.370 e. The van der Waals surface area contributed by atoms with Crippen molar-refractivity contribution in [3.8, 4) is 0 Å². The molecule has 1 amide bonds. The summed E-state index contributed by atoms with van der Waals surface area (Å²) in [6.45, 7) is 6.47. The van der Waals surface area contributed by atoms with Crippen molar-refractivity contribution >= 4 is 17.4 Å². The van der Waals surface area contributed by atoms with Gasteiger partial charge in [-0.2, -0.15) is 0 Å². The molecule has 2 aromatic rings. The minimum atomic E-state index is -0.128. The fraction of sp³-hybridized carbons (Fsp3) is 0.368. The van der Waals surface area contributed by atoms with Crippen LogP contribution in [0, 0.1) is 12.8 Å². The van der Waals surface area contributed by atoms with Gasteiger partial charge in [-0.3, -0.25) is 4.79 Å². The monoisotopic (exact) mass is 309 g/mol. The fourth-order valence-electron chi connectivity index (χ4n) is 2.81. The molecule has 0 radical (unpaired) electrons. The molecule has 0 atom stereocenters. The van der Waals surface area contributed by atoms with E-state index in [1.807, 2.05) is 49.5 Å². The van der Waals surface area contributed by atoms with E-state index in [4.69, 9.17) is 0 Å². The summed E-state index contributed by atoms with van der Waals surface area (Å²) in [5, 5.41) is 2.85. The molecule has 1 N–H and O–H groups in total. The Labute approximate surface area is 137 Å². The van der Waals surface area contributed by atoms with Crippen LogP contribution in [0.25, 0.3) is 0 Å². The third-order valence-corrected chi connectivity index (χ3v) is 4.45. The minimum Gasteiger partial charge on any atom is -0.370 e. The highest BCUT2D eigenvalue weighted by molar-refractivity contribution is 6.03. The zero-order chi connectivity index (χ0) is 16.2. The number of anilines is 2. The van der Waals surface area contributed by atoms with Crippen LogP contribution < -0.4 is 10.2 Å². The van der Waals surface area contributed by atoms with Crippen LogP contribution in [0.2, 0.25) is 0 Å². The van der Waals surface area contributed by atoms with Crippen LogP contribution in [0.5, 0.6) is 0 Å². The summed E-state index contributed by atoms with van der Waals surface area (Å²) < 4.78 is 0. The van der Waals surface area contributed by atoms with Gasteiger partial charge in [0.05, 0.1) is 11.9 Å². The molecule has 0 unspecified atom stereocenters. The predicted octanol–water partition coefficient (Wildman–Crippen LogP) is 3.88. The van der Waals surface area contributed by atoms with Gasteiger partial charge in [-0.25, -0.2) is 4.98 Å². The lowest BCUT2D eigenvalue weighted by molar-refractivity contribution is 0.102. The number of hydrogen-bond donors (Lipinski definition) is 1. The molecule has 0 saturated carbocycles. The Balaban J connectivity index is 1.63. The summed E-state index contributed by atoms with van der Waals surface area (Å²) in [4.78, 5) is 18.9. The Morgan fingerprint density at radius 3 is 2.43 bits per heavy atom. The van der Waals surface area contributed by atoms with Gasteiger partial charge >= 0.3 is 0 Å². The first-order chi connectivity index (χ1) is 11.1. The highest BCUT2D eigenvalue weighted by Gasteiger charge is 2.16. The molecule has 1 fully saturated rings. The predicted molar refractivity (Wildman–Crippen MR) is 94.0 cm³/mol. The Hall–Kier alpha value is -2.36. The molecule has 120 valence electrons. The second kappa shape index (κ2) is 6.82. The first-order valence-electron chi connectivity index (χ1n) is 8.21. The zero-order valence-corrected chi connectivity index (χ0v) is 13.7. The molecule has 2 heterocycles. The molecule has 0 bridgehead atoms. The number of pyridine rings is 1.